The Morgan fingerprint density at radius 3 is 2.53 bits per heavy atom. The largest absolute Gasteiger partial charge is 0.352 e. The van der Waals surface area contributed by atoms with E-state index in [-0.39, 0.29) is 0 Å². The van der Waals surface area contributed by atoms with Crippen molar-refractivity contribution in [1.82, 2.24) is 0 Å². The maximum Gasteiger partial charge on any atom is 0.352 e. The fraction of sp³-hybridized carbons (Fsp3) is 0.200. The summed E-state index contributed by atoms with van der Waals surface area (Å²) in [4.78, 5) is 0. The van der Waals surface area contributed by atoms with E-state index >= 15 is 0 Å². The zero-order chi connectivity index (χ0) is 22.4. The molecule has 0 spiro atoms. The Labute approximate surface area is 190 Å². The van der Waals surface area contributed by atoms with Crippen molar-refractivity contribution < 1.29 is 8.99 Å². The van der Waals surface area contributed by atoms with E-state index in [1.807, 2.05) is 4.58 Å². The highest BCUT2D eigenvalue weighted by atomic mass is 16.3. The molecule has 0 atom stereocenters. The summed E-state index contributed by atoms with van der Waals surface area (Å²) in [6.07, 6.45) is 7.54. The van der Waals surface area contributed by atoms with E-state index in [0.717, 1.165) is 45.5 Å². The third-order valence-corrected chi connectivity index (χ3v) is 6.24. The van der Waals surface area contributed by atoms with Gasteiger partial charge in [-0.15, -0.1) is 29.4 Å². The van der Waals surface area contributed by atoms with Crippen LogP contribution in [0.1, 0.15) is 37.0 Å². The predicted octanol–water partition coefficient (Wildman–Crippen LogP) is 7.96. The van der Waals surface area contributed by atoms with Crippen molar-refractivity contribution in [2.45, 2.75) is 34.1 Å². The van der Waals surface area contributed by atoms with Gasteiger partial charge in [0.1, 0.15) is 0 Å². The first kappa shape index (κ1) is 20.4. The first-order valence-electron chi connectivity index (χ1n) is 11.3. The van der Waals surface area contributed by atoms with Gasteiger partial charge in [0.15, 0.2) is 0 Å². The molecule has 2 nitrogen and oxygen atoms in total. The van der Waals surface area contributed by atoms with E-state index < -0.39 is 0 Å². The number of aryl methyl sites for hydroxylation is 2. The lowest BCUT2D eigenvalue weighted by molar-refractivity contribution is -0.418. The molecular weight excluding hydrogens is 390 g/mol. The topological polar surface area (TPSA) is 14.3 Å². The number of allylic oxidation sites excluding steroid dienone is 2. The first-order valence-corrected chi connectivity index (χ1v) is 11.3. The highest BCUT2D eigenvalue weighted by Gasteiger charge is 2.26. The molecule has 0 N–H and O–H groups in total. The monoisotopic (exact) mass is 419 g/mol. The van der Waals surface area contributed by atoms with Gasteiger partial charge in [0.2, 0.25) is 0 Å². The molecule has 1 aromatic heterocycles. The summed E-state index contributed by atoms with van der Waals surface area (Å²) in [6, 6.07) is 20.5. The summed E-state index contributed by atoms with van der Waals surface area (Å²) in [5.74, 6) is 0.601. The molecule has 32 heavy (non-hydrogen) atoms. The minimum Gasteiger partial charge on any atom is -0.336 e. The molecule has 2 heterocycles. The van der Waals surface area contributed by atoms with Crippen LogP contribution < -0.4 is 0 Å². The Morgan fingerprint density at radius 1 is 1.00 bits per heavy atom. The second-order valence-electron chi connectivity index (χ2n) is 9.27. The number of hydrogen-bond acceptors (Lipinski definition) is 0. The lowest BCUT2D eigenvalue weighted by Crippen LogP contribution is -2.16. The van der Waals surface area contributed by atoms with Crippen LogP contribution in [0.5, 0.6) is 0 Å². The maximum atomic E-state index is 6.67. The van der Waals surface area contributed by atoms with Crippen molar-refractivity contribution >= 4 is 28.7 Å². The molecule has 0 amide bonds. The zero-order valence-corrected chi connectivity index (χ0v) is 19.3. The standard InChI is InChI=1S/C30H29NO/c1-19(2)17-22-15-16-31(5)27(18-22)28-21(4)11-14-26-25-8-6-7-24(29(25)32-30(26)28)23-12-9-20(3)10-13-23/h6-16,18-19H,5,17H2,1-4H3. The molecule has 1 aliphatic rings. The molecule has 2 heteroatoms. The second-order valence-corrected chi connectivity index (χ2v) is 9.27. The van der Waals surface area contributed by atoms with Crippen LogP contribution >= 0.6 is 0 Å². The van der Waals surface area contributed by atoms with Gasteiger partial charge in [0.25, 0.3) is 5.58 Å². The van der Waals surface area contributed by atoms with Crippen molar-refractivity contribution in [1.29, 1.82) is 0 Å². The minimum absolute atomic E-state index is 0.601. The van der Waals surface area contributed by atoms with Crippen LogP contribution in [0.2, 0.25) is 0 Å². The summed E-state index contributed by atoms with van der Waals surface area (Å²) >= 11 is 0. The number of rotatable bonds is 4. The fourth-order valence-electron chi connectivity index (χ4n) is 4.63. The minimum atomic E-state index is 0.601. The number of benzene rings is 3. The normalized spacial score (nSPS) is 14.1. The van der Waals surface area contributed by atoms with Crippen LogP contribution in [0, 0.1) is 25.8 Å². The van der Waals surface area contributed by atoms with E-state index in [9.17, 15) is 0 Å². The molecule has 0 unspecified atom stereocenters. The van der Waals surface area contributed by atoms with E-state index in [1.165, 1.54) is 22.3 Å². The van der Waals surface area contributed by atoms with E-state index in [1.54, 1.807) is 0 Å². The van der Waals surface area contributed by atoms with Crippen molar-refractivity contribution in [2.75, 3.05) is 0 Å². The summed E-state index contributed by atoms with van der Waals surface area (Å²) < 4.78 is 8.63. The summed E-state index contributed by atoms with van der Waals surface area (Å²) in [5.41, 5.74) is 9.04. The van der Waals surface area contributed by atoms with Crippen molar-refractivity contribution in [3.63, 3.8) is 0 Å². The van der Waals surface area contributed by atoms with Gasteiger partial charge in [-0.3, -0.25) is 4.42 Å². The molecule has 0 saturated carbocycles. The highest BCUT2D eigenvalue weighted by Crippen LogP contribution is 2.41. The molecule has 0 fully saturated rings. The third-order valence-electron chi connectivity index (χ3n) is 6.24. The first-order chi connectivity index (χ1) is 15.4. The Kier molecular flexibility index (Phi) is 5.01. The van der Waals surface area contributed by atoms with Crippen LogP contribution in [0.4, 0.5) is 0 Å². The van der Waals surface area contributed by atoms with Crippen LogP contribution in [0.3, 0.4) is 0 Å². The van der Waals surface area contributed by atoms with Gasteiger partial charge < -0.3 is 4.58 Å². The predicted molar refractivity (Wildman–Crippen MR) is 135 cm³/mol. The zero-order valence-electron chi connectivity index (χ0n) is 19.3. The van der Waals surface area contributed by atoms with Gasteiger partial charge in [-0.1, -0.05) is 75.1 Å². The van der Waals surface area contributed by atoms with Gasteiger partial charge in [-0.2, -0.15) is 0 Å². The molecule has 160 valence electrons. The summed E-state index contributed by atoms with van der Waals surface area (Å²) in [6.45, 7) is 13.0. The smallest absolute Gasteiger partial charge is 0.336 e. The average molecular weight is 420 g/mol. The maximum absolute atomic E-state index is 6.67. The number of hydrogen-bond donors (Lipinski definition) is 0. The van der Waals surface area contributed by atoms with Gasteiger partial charge >= 0.3 is 5.58 Å². The van der Waals surface area contributed by atoms with Crippen molar-refractivity contribution in [3.8, 4) is 11.1 Å². The third kappa shape index (κ3) is 3.46. The van der Waals surface area contributed by atoms with E-state index in [0.29, 0.717) is 5.92 Å². The van der Waals surface area contributed by atoms with E-state index in [2.05, 4.69) is 107 Å². The molecule has 0 aliphatic carbocycles. The molecule has 1 aliphatic heterocycles. The van der Waals surface area contributed by atoms with Crippen LogP contribution in [-0.4, -0.2) is 11.3 Å². The summed E-state index contributed by atoms with van der Waals surface area (Å²) in [5, 5.41) is 2.29. The number of nitrogens with zero attached hydrogens (tertiary/aromatic N) is 1. The second kappa shape index (κ2) is 7.87. The number of furan rings is 1. The fourth-order valence-corrected chi connectivity index (χ4v) is 4.63. The van der Waals surface area contributed by atoms with E-state index in [4.69, 9.17) is 4.42 Å². The SMILES string of the molecule is C=[N+]1C=CC(CC(C)C)=C[C-]1c1c(C)ccc2c3cccc(-c4ccc(C)cc4)c3[o+][c-]12. The van der Waals surface area contributed by atoms with Gasteiger partial charge in [0.05, 0.1) is 23.2 Å². The van der Waals surface area contributed by atoms with Gasteiger partial charge in [0, 0.05) is 12.1 Å². The Morgan fingerprint density at radius 2 is 1.78 bits per heavy atom. The van der Waals surface area contributed by atoms with Gasteiger partial charge in [-0.05, 0) is 30.2 Å². The van der Waals surface area contributed by atoms with Crippen LogP contribution in [0.25, 0.3) is 33.1 Å². The van der Waals surface area contributed by atoms with Crippen molar-refractivity contribution in [2.24, 2.45) is 5.92 Å². The Hall–Kier alpha value is -3.52. The molecule has 0 radical (unpaired) electrons. The highest BCUT2D eigenvalue weighted by molar-refractivity contribution is 6.11. The Balaban J connectivity index is 1.73. The summed E-state index contributed by atoms with van der Waals surface area (Å²) in [7, 11) is 0. The molecule has 3 aromatic carbocycles. The molecular formula is C30H29NO. The molecule has 5 rings (SSSR count). The Bertz CT molecular complexity index is 1400. The number of fused-ring (bicyclic) bond motifs is 3. The molecule has 4 aromatic rings. The number of para-hydroxylation sites is 1. The lowest BCUT2D eigenvalue weighted by atomic mass is 9.92. The molecule has 0 bridgehead atoms. The quantitative estimate of drug-likeness (QED) is 0.186. The van der Waals surface area contributed by atoms with Crippen LogP contribution in [-0.2, 0) is 0 Å². The van der Waals surface area contributed by atoms with Crippen molar-refractivity contribution in [3.05, 3.63) is 101 Å². The average Bonchev–Trinajstić information content (AvgIpc) is 3.14. The van der Waals surface area contributed by atoms with Crippen LogP contribution in [0.15, 0.2) is 82.9 Å². The lowest BCUT2D eigenvalue weighted by Gasteiger charge is -2.26. The van der Waals surface area contributed by atoms with Gasteiger partial charge in [-0.25, -0.2) is 0 Å². The molecule has 0 saturated heterocycles.